The van der Waals surface area contributed by atoms with E-state index in [1.807, 2.05) is 39.8 Å². The monoisotopic (exact) mass is 487 g/mol. The molecule has 0 radical (unpaired) electrons. The number of nitrogens with two attached hydrogens (primary N) is 2. The Bertz CT molecular complexity index is 1140. The summed E-state index contributed by atoms with van der Waals surface area (Å²) in [6.07, 6.45) is 2.50. The molecule has 0 aliphatic carbocycles. The highest BCUT2D eigenvalue weighted by atomic mass is 32.2. The van der Waals surface area contributed by atoms with Crippen LogP contribution in [0.1, 0.15) is 81.5 Å². The van der Waals surface area contributed by atoms with E-state index >= 15 is 0 Å². The molecule has 0 heterocycles. The number of hydrogen-bond donors (Lipinski definition) is 2. The van der Waals surface area contributed by atoms with Gasteiger partial charge in [-0.3, -0.25) is 4.79 Å². The summed E-state index contributed by atoms with van der Waals surface area (Å²) in [5.74, 6) is 10.7. The molecule has 2 aromatic rings. The van der Waals surface area contributed by atoms with Gasteiger partial charge in [0.25, 0.3) is 15.9 Å². The van der Waals surface area contributed by atoms with Crippen LogP contribution in [0.2, 0.25) is 0 Å². The number of hydrazine groups is 2. The van der Waals surface area contributed by atoms with Crippen molar-refractivity contribution < 1.29 is 13.2 Å². The van der Waals surface area contributed by atoms with Crippen LogP contribution in [-0.2, 0) is 14.8 Å². The zero-order chi connectivity index (χ0) is 25.8. The maximum Gasteiger partial charge on any atom is 0.284 e. The molecule has 10 heteroatoms. The van der Waals surface area contributed by atoms with Crippen molar-refractivity contribution in [2.45, 2.75) is 64.2 Å². The second-order valence-corrected chi connectivity index (χ2v) is 10.7. The van der Waals surface area contributed by atoms with Crippen LogP contribution in [0.25, 0.3) is 6.08 Å². The average molecular weight is 488 g/mol. The molecule has 0 saturated heterocycles. The van der Waals surface area contributed by atoms with E-state index in [0.717, 1.165) is 27.2 Å². The minimum absolute atomic E-state index is 0.0256. The third-order valence-electron chi connectivity index (χ3n) is 5.48. The molecule has 0 unspecified atom stereocenters. The van der Waals surface area contributed by atoms with Crippen LogP contribution in [0.15, 0.2) is 52.7 Å². The largest absolute Gasteiger partial charge is 0.284 e. The van der Waals surface area contributed by atoms with E-state index in [4.69, 9.17) is 11.7 Å². The van der Waals surface area contributed by atoms with Crippen LogP contribution in [0, 0.1) is 4.91 Å². The van der Waals surface area contributed by atoms with Crippen LogP contribution in [0.5, 0.6) is 0 Å². The first-order valence-corrected chi connectivity index (χ1v) is 12.4. The molecule has 0 aromatic heterocycles. The third kappa shape index (κ3) is 5.88. The van der Waals surface area contributed by atoms with E-state index < -0.39 is 15.9 Å². The molecule has 0 aliphatic rings. The Morgan fingerprint density at radius 2 is 1.41 bits per heavy atom. The molecule has 1 amide bonds. The van der Waals surface area contributed by atoms with Crippen molar-refractivity contribution in [3.05, 3.63) is 69.6 Å². The zero-order valence-corrected chi connectivity index (χ0v) is 21.2. The van der Waals surface area contributed by atoms with Crippen molar-refractivity contribution in [3.63, 3.8) is 0 Å². The van der Waals surface area contributed by atoms with Crippen molar-refractivity contribution in [2.75, 3.05) is 4.41 Å². The van der Waals surface area contributed by atoms with Crippen molar-refractivity contribution in [1.29, 1.82) is 0 Å². The first-order chi connectivity index (χ1) is 15.8. The number of anilines is 1. The molecule has 9 nitrogen and oxygen atoms in total. The first-order valence-electron chi connectivity index (χ1n) is 11.0. The highest BCUT2D eigenvalue weighted by Gasteiger charge is 2.31. The van der Waals surface area contributed by atoms with E-state index in [1.165, 1.54) is 18.2 Å². The predicted molar refractivity (Wildman–Crippen MR) is 135 cm³/mol. The van der Waals surface area contributed by atoms with Gasteiger partial charge >= 0.3 is 0 Å². The van der Waals surface area contributed by atoms with Crippen molar-refractivity contribution in [3.8, 4) is 0 Å². The molecule has 0 atom stereocenters. The van der Waals surface area contributed by atoms with Gasteiger partial charge in [0.1, 0.15) is 0 Å². The number of sulfonamides is 1. The van der Waals surface area contributed by atoms with Gasteiger partial charge in [0, 0.05) is 6.08 Å². The summed E-state index contributed by atoms with van der Waals surface area (Å²) in [6, 6.07) is 10.2. The Labute approximate surface area is 201 Å². The lowest BCUT2D eigenvalue weighted by Crippen LogP contribution is -2.38. The number of carbonyl (C=O) groups is 1. The Kier molecular flexibility index (Phi) is 8.71. The lowest BCUT2D eigenvalue weighted by molar-refractivity contribution is -0.126. The minimum Gasteiger partial charge on any atom is -0.266 e. The molecule has 184 valence electrons. The summed E-state index contributed by atoms with van der Waals surface area (Å²) in [4.78, 5) is 22.1. The summed E-state index contributed by atoms with van der Waals surface area (Å²) >= 11 is 0. The maximum atomic E-state index is 13.8. The number of rotatable bonds is 9. The van der Waals surface area contributed by atoms with E-state index in [-0.39, 0.29) is 33.5 Å². The second-order valence-electron chi connectivity index (χ2n) is 8.98. The van der Waals surface area contributed by atoms with Crippen molar-refractivity contribution >= 4 is 27.7 Å². The van der Waals surface area contributed by atoms with Gasteiger partial charge in [-0.15, -0.1) is 10.0 Å². The number of nitroso groups, excluding NO2 is 1. The lowest BCUT2D eigenvalue weighted by atomic mass is 9.89. The van der Waals surface area contributed by atoms with Crippen LogP contribution in [-0.4, -0.2) is 19.4 Å². The van der Waals surface area contributed by atoms with E-state index in [2.05, 4.69) is 19.1 Å². The molecule has 0 bridgehead atoms. The highest BCUT2D eigenvalue weighted by molar-refractivity contribution is 7.92. The molecule has 2 aromatic carbocycles. The van der Waals surface area contributed by atoms with Crippen molar-refractivity contribution in [2.24, 2.45) is 17.0 Å². The minimum atomic E-state index is -4.07. The smallest absolute Gasteiger partial charge is 0.266 e. The predicted octanol–water partition coefficient (Wildman–Crippen LogP) is 4.52. The van der Waals surface area contributed by atoms with E-state index in [1.54, 1.807) is 12.1 Å². The van der Waals surface area contributed by atoms with Gasteiger partial charge in [-0.05, 0) is 58.2 Å². The fraction of sp³-hybridized carbons (Fsp3) is 0.375. The maximum absolute atomic E-state index is 13.8. The van der Waals surface area contributed by atoms with Crippen LogP contribution in [0.4, 0.5) is 5.69 Å². The second kappa shape index (κ2) is 10.9. The van der Waals surface area contributed by atoms with Crippen molar-refractivity contribution in [1.82, 2.24) is 5.12 Å². The molecule has 34 heavy (non-hydrogen) atoms. The number of hydrogen-bond acceptors (Lipinski definition) is 7. The molecule has 4 N–H and O–H groups in total. The number of benzene rings is 2. The van der Waals surface area contributed by atoms with Gasteiger partial charge in [-0.25, -0.2) is 16.1 Å². The van der Waals surface area contributed by atoms with Crippen LogP contribution in [0.3, 0.4) is 0 Å². The molecular weight excluding hydrogens is 454 g/mol. The summed E-state index contributed by atoms with van der Waals surface area (Å²) in [6.45, 7) is 12.0. The molecule has 0 saturated carbocycles. The SMILES string of the molecule is CC(C)c1cc(C(C)C)c(S(=O)(=O)N(N)c2ccc(/C=C/C(=O)N(N)N=O)cc2)c(C(C)C)c1. The summed E-state index contributed by atoms with van der Waals surface area (Å²) in [5, 5.41) is 2.49. The van der Waals surface area contributed by atoms with E-state index in [9.17, 15) is 18.1 Å². The quantitative estimate of drug-likeness (QED) is 0.175. The van der Waals surface area contributed by atoms with Gasteiger partial charge in [0.05, 0.1) is 15.9 Å². The number of carbonyl (C=O) groups excluding carboxylic acids is 1. The first kappa shape index (κ1) is 27.2. The molecule has 2 rings (SSSR count). The normalized spacial score (nSPS) is 12.1. The summed E-state index contributed by atoms with van der Waals surface area (Å²) < 4.78 is 28.3. The summed E-state index contributed by atoms with van der Waals surface area (Å²) in [5.41, 5.74) is 3.39. The Balaban J connectivity index is 2.51. The van der Waals surface area contributed by atoms with E-state index in [0.29, 0.717) is 5.56 Å². The third-order valence-corrected chi connectivity index (χ3v) is 7.19. The van der Waals surface area contributed by atoms with Gasteiger partial charge in [0.15, 0.2) is 0 Å². The zero-order valence-electron chi connectivity index (χ0n) is 20.4. The van der Waals surface area contributed by atoms with Crippen LogP contribution >= 0.6 is 0 Å². The Morgan fingerprint density at radius 1 is 0.912 bits per heavy atom. The summed E-state index contributed by atoms with van der Waals surface area (Å²) in [7, 11) is -4.07. The fourth-order valence-corrected chi connectivity index (χ4v) is 5.22. The van der Waals surface area contributed by atoms with Gasteiger partial charge in [-0.1, -0.05) is 65.8 Å². The Hall–Kier alpha value is -3.08. The number of amides is 1. The average Bonchev–Trinajstić information content (AvgIpc) is 2.80. The lowest BCUT2D eigenvalue weighted by Gasteiger charge is -2.26. The van der Waals surface area contributed by atoms with Gasteiger partial charge in [-0.2, -0.15) is 8.42 Å². The number of nitrogens with zero attached hydrogens (tertiary/aromatic N) is 3. The van der Waals surface area contributed by atoms with Crippen LogP contribution < -0.4 is 16.1 Å². The van der Waals surface area contributed by atoms with Gasteiger partial charge in [0.2, 0.25) is 0 Å². The highest BCUT2D eigenvalue weighted by Crippen LogP contribution is 2.37. The molecule has 0 fully saturated rings. The standard InChI is InChI=1S/C24H33N5O4S/c1-15(2)19-13-21(16(3)4)24(22(14-19)17(5)6)34(32,33)29(26)20-10-7-18(8-11-20)9-12-23(30)28(25)27-31/h7-17H,25-26H2,1-6H3/b12-9+. The Morgan fingerprint density at radius 3 is 1.82 bits per heavy atom. The topological polar surface area (TPSA) is 139 Å². The van der Waals surface area contributed by atoms with Gasteiger partial charge < -0.3 is 0 Å². The fourth-order valence-electron chi connectivity index (χ4n) is 3.44. The molecule has 0 spiro atoms. The molecular formula is C24H33N5O4S. The molecule has 0 aliphatic heterocycles.